The van der Waals surface area contributed by atoms with Gasteiger partial charge in [0.05, 0.1) is 29.7 Å². The lowest BCUT2D eigenvalue weighted by Crippen LogP contribution is -2.40. The maximum Gasteiger partial charge on any atom is 0.295 e. The van der Waals surface area contributed by atoms with Crippen molar-refractivity contribution in [2.75, 3.05) is 53.5 Å². The molecule has 2 aliphatic rings. The van der Waals surface area contributed by atoms with E-state index in [1.807, 2.05) is 50.2 Å². The van der Waals surface area contributed by atoms with Crippen molar-refractivity contribution in [3.8, 4) is 0 Å². The van der Waals surface area contributed by atoms with Crippen LogP contribution in [-0.4, -0.2) is 92.8 Å². The Morgan fingerprint density at radius 3 is 2.41 bits per heavy atom. The largest absolute Gasteiger partial charge is 0.507 e. The highest BCUT2D eigenvalue weighted by molar-refractivity contribution is 7.89. The van der Waals surface area contributed by atoms with E-state index in [9.17, 15) is 23.1 Å². The summed E-state index contributed by atoms with van der Waals surface area (Å²) in [6.45, 7) is 4.11. The molecule has 198 valence electrons. The predicted molar refractivity (Wildman–Crippen MR) is 139 cm³/mol. The average Bonchev–Trinajstić information content (AvgIpc) is 3.14. The van der Waals surface area contributed by atoms with Gasteiger partial charge in [-0.25, -0.2) is 8.42 Å². The van der Waals surface area contributed by atoms with Crippen LogP contribution in [0.5, 0.6) is 0 Å². The normalized spacial score (nSPS) is 20.6. The van der Waals surface area contributed by atoms with Crippen LogP contribution in [0.3, 0.4) is 0 Å². The number of Topliss-reactive ketones (excluding diaryl/α,β-unsaturated/α-hetero) is 1. The van der Waals surface area contributed by atoms with Gasteiger partial charge in [0.15, 0.2) is 0 Å². The number of ketones is 1. The summed E-state index contributed by atoms with van der Waals surface area (Å²) in [5.41, 5.74) is 1.85. The molecule has 0 saturated carbocycles. The van der Waals surface area contributed by atoms with E-state index in [0.29, 0.717) is 31.7 Å². The van der Waals surface area contributed by atoms with E-state index in [0.717, 1.165) is 12.1 Å². The van der Waals surface area contributed by atoms with Crippen molar-refractivity contribution in [3.63, 3.8) is 0 Å². The van der Waals surface area contributed by atoms with Crippen LogP contribution in [0.25, 0.3) is 5.76 Å². The Bertz CT molecular complexity index is 1300. The molecule has 2 aliphatic heterocycles. The molecule has 37 heavy (non-hydrogen) atoms. The second kappa shape index (κ2) is 11.1. The molecular weight excluding hydrogens is 494 g/mol. The van der Waals surface area contributed by atoms with Gasteiger partial charge in [0.25, 0.3) is 11.7 Å². The summed E-state index contributed by atoms with van der Waals surface area (Å²) in [5, 5.41) is 11.4. The highest BCUT2D eigenvalue weighted by Crippen LogP contribution is 2.39. The number of ether oxygens (including phenoxy) is 1. The lowest BCUT2D eigenvalue weighted by atomic mass is 9.94. The molecular formula is C27H33N3O6S. The van der Waals surface area contributed by atoms with Crippen molar-refractivity contribution in [3.05, 3.63) is 70.8 Å². The number of nitrogens with zero attached hydrogens (tertiary/aromatic N) is 3. The molecule has 1 atom stereocenters. The maximum absolute atomic E-state index is 13.2. The van der Waals surface area contributed by atoms with Gasteiger partial charge in [-0.1, -0.05) is 42.0 Å². The van der Waals surface area contributed by atoms with Crippen molar-refractivity contribution >= 4 is 27.5 Å². The van der Waals surface area contributed by atoms with E-state index in [1.165, 1.54) is 27.4 Å². The quantitative estimate of drug-likeness (QED) is 0.319. The first-order chi connectivity index (χ1) is 17.6. The second-order valence-corrected chi connectivity index (χ2v) is 11.5. The molecule has 1 amide bonds. The molecule has 2 heterocycles. The average molecular weight is 528 g/mol. The third-order valence-electron chi connectivity index (χ3n) is 6.65. The molecule has 0 aromatic heterocycles. The van der Waals surface area contributed by atoms with Gasteiger partial charge >= 0.3 is 0 Å². The molecule has 0 radical (unpaired) electrons. The summed E-state index contributed by atoms with van der Waals surface area (Å²) in [4.78, 5) is 29.9. The van der Waals surface area contributed by atoms with Gasteiger partial charge in [0.1, 0.15) is 5.76 Å². The molecule has 1 N–H and O–H groups in total. The minimum atomic E-state index is -3.81. The molecule has 2 fully saturated rings. The summed E-state index contributed by atoms with van der Waals surface area (Å²) in [6, 6.07) is 12.6. The number of aliphatic hydroxyl groups is 1. The van der Waals surface area contributed by atoms with Crippen molar-refractivity contribution in [2.45, 2.75) is 24.3 Å². The van der Waals surface area contributed by atoms with Crippen molar-refractivity contribution in [1.29, 1.82) is 0 Å². The van der Waals surface area contributed by atoms with Crippen LogP contribution in [0.4, 0.5) is 0 Å². The molecule has 0 bridgehead atoms. The molecule has 2 aromatic rings. The van der Waals surface area contributed by atoms with E-state index in [-0.39, 0.29) is 29.1 Å². The molecule has 10 heteroatoms. The number of rotatable bonds is 8. The van der Waals surface area contributed by atoms with Crippen LogP contribution < -0.4 is 0 Å². The van der Waals surface area contributed by atoms with Crippen molar-refractivity contribution in [2.24, 2.45) is 0 Å². The smallest absolute Gasteiger partial charge is 0.295 e. The monoisotopic (exact) mass is 527 g/mol. The Balaban J connectivity index is 1.77. The van der Waals surface area contributed by atoms with Gasteiger partial charge < -0.3 is 19.6 Å². The van der Waals surface area contributed by atoms with E-state index >= 15 is 0 Å². The number of amides is 1. The highest BCUT2D eigenvalue weighted by atomic mass is 32.2. The lowest BCUT2D eigenvalue weighted by molar-refractivity contribution is -0.139. The van der Waals surface area contributed by atoms with E-state index in [4.69, 9.17) is 4.74 Å². The van der Waals surface area contributed by atoms with Gasteiger partial charge in [0.2, 0.25) is 10.0 Å². The van der Waals surface area contributed by atoms with Gasteiger partial charge in [-0.2, -0.15) is 4.31 Å². The summed E-state index contributed by atoms with van der Waals surface area (Å²) in [6.07, 6.45) is 0.649. The molecule has 2 aromatic carbocycles. The standard InChI is InChI=1S/C27H33N3O6S/c1-19-8-10-20(11-9-19)24-23(26(32)27(33)30(24)13-5-12-28(2)3)25(31)21-6-4-7-22(18-21)37(34,35)29-14-16-36-17-15-29/h4,6-11,18,24,31H,5,12-17H2,1-3H3/b25-23-. The van der Waals surface area contributed by atoms with Gasteiger partial charge in [-0.05, 0) is 51.7 Å². The SMILES string of the molecule is Cc1ccc(C2/C(=C(/O)c3cccc(S(=O)(=O)N4CCOCC4)c3)C(=O)C(=O)N2CCCN(C)C)cc1. The van der Waals surface area contributed by atoms with E-state index in [1.54, 1.807) is 6.07 Å². The minimum Gasteiger partial charge on any atom is -0.507 e. The van der Waals surface area contributed by atoms with Crippen LogP contribution in [0.15, 0.2) is 59.0 Å². The fourth-order valence-electron chi connectivity index (χ4n) is 4.66. The summed E-state index contributed by atoms with van der Waals surface area (Å²) in [7, 11) is 0.0535. The van der Waals surface area contributed by atoms with Gasteiger partial charge in [0, 0.05) is 25.2 Å². The molecule has 0 spiro atoms. The topological polar surface area (TPSA) is 107 Å². The molecule has 0 aliphatic carbocycles. The number of aryl methyl sites for hydroxylation is 1. The number of carbonyl (C=O) groups is 2. The number of aliphatic hydroxyl groups excluding tert-OH is 1. The first-order valence-electron chi connectivity index (χ1n) is 12.3. The summed E-state index contributed by atoms with van der Waals surface area (Å²) < 4.78 is 33.0. The van der Waals surface area contributed by atoms with Crippen LogP contribution in [0, 0.1) is 6.92 Å². The molecule has 9 nitrogen and oxygen atoms in total. The third kappa shape index (κ3) is 5.62. The van der Waals surface area contributed by atoms with E-state index < -0.39 is 33.5 Å². The Morgan fingerprint density at radius 1 is 1.08 bits per heavy atom. The Hall–Kier alpha value is -3.05. The molecule has 2 saturated heterocycles. The fraction of sp³-hybridized carbons (Fsp3) is 0.407. The van der Waals surface area contributed by atoms with Gasteiger partial charge in [-0.15, -0.1) is 0 Å². The predicted octanol–water partition coefficient (Wildman–Crippen LogP) is 2.39. The van der Waals surface area contributed by atoms with Crippen LogP contribution >= 0.6 is 0 Å². The zero-order chi connectivity index (χ0) is 26.7. The number of carbonyl (C=O) groups excluding carboxylic acids is 2. The number of hydrogen-bond acceptors (Lipinski definition) is 7. The number of morpholine rings is 1. The first kappa shape index (κ1) is 27.0. The number of benzene rings is 2. The van der Waals surface area contributed by atoms with Crippen molar-refractivity contribution in [1.82, 2.24) is 14.1 Å². The van der Waals surface area contributed by atoms with Crippen molar-refractivity contribution < 1.29 is 27.9 Å². The third-order valence-corrected chi connectivity index (χ3v) is 8.55. The number of hydrogen-bond donors (Lipinski definition) is 1. The first-order valence-corrected chi connectivity index (χ1v) is 13.7. The van der Waals surface area contributed by atoms with Crippen LogP contribution in [0.1, 0.15) is 29.2 Å². The molecule has 1 unspecified atom stereocenters. The van der Waals surface area contributed by atoms with Crippen LogP contribution in [-0.2, 0) is 24.3 Å². The van der Waals surface area contributed by atoms with Crippen LogP contribution in [0.2, 0.25) is 0 Å². The number of sulfonamides is 1. The Morgan fingerprint density at radius 2 is 1.76 bits per heavy atom. The minimum absolute atomic E-state index is 0.00514. The Kier molecular flexibility index (Phi) is 8.13. The zero-order valence-electron chi connectivity index (χ0n) is 21.4. The zero-order valence-corrected chi connectivity index (χ0v) is 22.2. The highest BCUT2D eigenvalue weighted by Gasteiger charge is 2.45. The second-order valence-electron chi connectivity index (χ2n) is 9.60. The fourth-order valence-corrected chi connectivity index (χ4v) is 6.11. The summed E-state index contributed by atoms with van der Waals surface area (Å²) >= 11 is 0. The van der Waals surface area contributed by atoms with Gasteiger partial charge in [-0.3, -0.25) is 9.59 Å². The molecule has 4 rings (SSSR count). The maximum atomic E-state index is 13.2. The lowest BCUT2D eigenvalue weighted by Gasteiger charge is -2.26. The Labute approximate surface area is 218 Å². The summed E-state index contributed by atoms with van der Waals surface area (Å²) in [5.74, 6) is -1.85. The van der Waals surface area contributed by atoms with E-state index in [2.05, 4.69) is 0 Å². The number of likely N-dealkylation sites (tertiary alicyclic amines) is 1.